The van der Waals surface area contributed by atoms with E-state index in [2.05, 4.69) is 140 Å². The van der Waals surface area contributed by atoms with Crippen LogP contribution in [0, 0.1) is 5.92 Å². The van der Waals surface area contributed by atoms with Crippen molar-refractivity contribution in [2.24, 2.45) is 5.92 Å². The Morgan fingerprint density at radius 3 is 1.54 bits per heavy atom. The third kappa shape index (κ3) is 14.7. The predicted octanol–water partition coefficient (Wildman–Crippen LogP) is 10.7. The van der Waals surface area contributed by atoms with Crippen molar-refractivity contribution >= 4 is 11.9 Å². The normalized spacial score (nSPS) is 23.3. The van der Waals surface area contributed by atoms with E-state index in [4.69, 9.17) is 24.5 Å². The fourth-order valence-electron chi connectivity index (χ4n) is 11.9. The van der Waals surface area contributed by atoms with Crippen molar-refractivity contribution in [2.75, 3.05) is 49.7 Å². The molecule has 12 nitrogen and oxygen atoms in total. The molecule has 0 amide bonds. The third-order valence-corrected chi connectivity index (χ3v) is 13.4. The molecule has 0 atom stereocenters. The summed E-state index contributed by atoms with van der Waals surface area (Å²) < 4.78 is 0. The van der Waals surface area contributed by atoms with Gasteiger partial charge in [-0.2, -0.15) is 20.2 Å². The summed E-state index contributed by atoms with van der Waals surface area (Å²) >= 11 is 0. The van der Waals surface area contributed by atoms with Crippen molar-refractivity contribution in [3.05, 3.63) is 6.33 Å². The summed E-state index contributed by atoms with van der Waals surface area (Å²) in [6.07, 6.45) is 19.4. The van der Waals surface area contributed by atoms with Gasteiger partial charge in [0.1, 0.15) is 6.33 Å². The molecular weight excluding hydrogens is 763 g/mol. The highest BCUT2D eigenvalue weighted by Crippen LogP contribution is 2.44. The minimum atomic E-state index is -0.134. The molecule has 4 rings (SSSR count). The molecule has 0 unspecified atom stereocenters. The van der Waals surface area contributed by atoms with E-state index in [1.807, 2.05) is 0 Å². The van der Waals surface area contributed by atoms with Crippen LogP contribution >= 0.6 is 0 Å². The summed E-state index contributed by atoms with van der Waals surface area (Å²) in [5.41, 5.74) is -0.201. The molecule has 3 aliphatic rings. The van der Waals surface area contributed by atoms with E-state index in [-0.39, 0.29) is 39.3 Å². The number of nitrogens with zero attached hydrogens (tertiary/aromatic N) is 7. The Kier molecular flexibility index (Phi) is 19.2. The number of hydrogen-bond donors (Lipinski definition) is 2. The van der Waals surface area contributed by atoms with Crippen molar-refractivity contribution < 1.29 is 14.5 Å². The quantitative estimate of drug-likeness (QED) is 0.0915. The first-order chi connectivity index (χ1) is 28.6. The van der Waals surface area contributed by atoms with Gasteiger partial charge in [0.25, 0.3) is 0 Å². The molecule has 0 bridgehead atoms. The number of hydrogen-bond acceptors (Lipinski definition) is 12. The molecule has 12 heteroatoms. The fourth-order valence-corrected chi connectivity index (χ4v) is 11.9. The van der Waals surface area contributed by atoms with Gasteiger partial charge in [0.15, 0.2) is 0 Å². The average Bonchev–Trinajstić information content (AvgIpc) is 3.13. The summed E-state index contributed by atoms with van der Waals surface area (Å²) in [4.78, 5) is 36.0. The minimum absolute atomic E-state index is 0.00101. The van der Waals surface area contributed by atoms with Crippen LogP contribution in [0.2, 0.25) is 0 Å². The van der Waals surface area contributed by atoms with Gasteiger partial charge in [0.2, 0.25) is 11.9 Å². The minimum Gasteiger partial charge on any atom is -0.354 e. The summed E-state index contributed by atoms with van der Waals surface area (Å²) in [7, 11) is 0. The second-order valence-electron chi connectivity index (χ2n) is 22.8. The molecule has 0 spiro atoms. The lowest BCUT2D eigenvalue weighted by molar-refractivity contribution is -0.288. The van der Waals surface area contributed by atoms with E-state index >= 15 is 0 Å². The number of piperidine rings is 3. The smallest absolute Gasteiger partial charge is 0.230 e. The van der Waals surface area contributed by atoms with Crippen LogP contribution in [0.25, 0.3) is 0 Å². The SMILES string of the molecule is CCCON1C(C)(C)CC(CCCCNc2ncnc(N(CCCCCCNC3CC(C)(C)N(OCCC)C(C)(C)C3)C3CC(C)(C)N(OCCC)C(C)(C)C3)n2)CC1(C)C. The van der Waals surface area contributed by atoms with E-state index in [0.29, 0.717) is 17.9 Å². The van der Waals surface area contributed by atoms with Crippen LogP contribution in [0.5, 0.6) is 0 Å². The van der Waals surface area contributed by atoms with Gasteiger partial charge in [-0.05, 0) is 173 Å². The van der Waals surface area contributed by atoms with Crippen molar-refractivity contribution in [2.45, 2.75) is 252 Å². The van der Waals surface area contributed by atoms with Crippen LogP contribution in [0.15, 0.2) is 6.33 Å². The first kappa shape index (κ1) is 52.0. The number of hydroxylamine groups is 6. The number of nitrogens with one attached hydrogen (secondary N) is 2. The summed E-state index contributed by atoms with van der Waals surface area (Å²) in [6, 6.07) is 0.788. The molecule has 4 heterocycles. The number of aromatic nitrogens is 3. The molecular formula is C49H95N9O3. The zero-order valence-corrected chi connectivity index (χ0v) is 42.2. The molecule has 354 valence electrons. The Morgan fingerprint density at radius 2 is 1.03 bits per heavy atom. The van der Waals surface area contributed by atoms with Crippen molar-refractivity contribution in [3.8, 4) is 0 Å². The van der Waals surface area contributed by atoms with Gasteiger partial charge in [-0.1, -0.05) is 46.5 Å². The van der Waals surface area contributed by atoms with Crippen molar-refractivity contribution in [3.63, 3.8) is 0 Å². The molecule has 0 aliphatic carbocycles. The standard InChI is InChI=1S/C49H95N9O3/c1-16-29-59-56-44(4,5)32-39(33-45(56,6)7)25-21-23-27-51-42-52-38-53-43(54-42)55(41-36-48(12,13)58(61-31-18-3)49(14,15)37-41)28-24-20-19-22-26-50-40-34-46(8,9)57(60-30-17-2)47(10,11)35-40/h38-41,50H,16-37H2,1-15H3,(H,51,52,53,54). The molecule has 3 fully saturated rings. The average molecular weight is 858 g/mol. The maximum absolute atomic E-state index is 6.42. The van der Waals surface area contributed by atoms with Gasteiger partial charge in [-0.25, -0.2) is 9.97 Å². The number of rotatable bonds is 25. The fraction of sp³-hybridized carbons (Fsp3) is 0.939. The molecule has 3 aliphatic heterocycles. The van der Waals surface area contributed by atoms with Crippen LogP contribution in [0.4, 0.5) is 11.9 Å². The molecule has 0 saturated carbocycles. The molecule has 3 saturated heterocycles. The molecule has 0 radical (unpaired) electrons. The summed E-state index contributed by atoms with van der Waals surface area (Å²) in [6.45, 7) is 39.7. The van der Waals surface area contributed by atoms with E-state index in [9.17, 15) is 0 Å². The highest BCUT2D eigenvalue weighted by molar-refractivity contribution is 5.37. The zero-order chi connectivity index (χ0) is 45.1. The van der Waals surface area contributed by atoms with E-state index in [1.165, 1.54) is 44.9 Å². The van der Waals surface area contributed by atoms with E-state index in [0.717, 1.165) is 103 Å². The second-order valence-corrected chi connectivity index (χ2v) is 22.8. The van der Waals surface area contributed by atoms with Gasteiger partial charge in [0, 0.05) is 58.4 Å². The van der Waals surface area contributed by atoms with E-state index in [1.54, 1.807) is 6.33 Å². The highest BCUT2D eigenvalue weighted by Gasteiger charge is 2.49. The lowest BCUT2D eigenvalue weighted by Crippen LogP contribution is -2.64. The molecule has 61 heavy (non-hydrogen) atoms. The van der Waals surface area contributed by atoms with Crippen LogP contribution in [-0.4, -0.2) is 115 Å². The second kappa shape index (κ2) is 22.5. The predicted molar refractivity (Wildman–Crippen MR) is 253 cm³/mol. The van der Waals surface area contributed by atoms with E-state index < -0.39 is 0 Å². The Morgan fingerprint density at radius 1 is 0.574 bits per heavy atom. The topological polar surface area (TPSA) is 103 Å². The van der Waals surface area contributed by atoms with Crippen LogP contribution < -0.4 is 15.5 Å². The zero-order valence-electron chi connectivity index (χ0n) is 42.2. The van der Waals surface area contributed by atoms with Crippen LogP contribution in [-0.2, 0) is 14.5 Å². The number of unbranched alkanes of at least 4 members (excludes halogenated alkanes) is 4. The first-order valence-corrected chi connectivity index (χ1v) is 24.8. The lowest BCUT2D eigenvalue weighted by Gasteiger charge is -2.55. The van der Waals surface area contributed by atoms with Gasteiger partial charge >= 0.3 is 0 Å². The Labute approximate surface area is 374 Å². The molecule has 1 aromatic heterocycles. The van der Waals surface area contributed by atoms with Gasteiger partial charge < -0.3 is 15.5 Å². The maximum Gasteiger partial charge on any atom is 0.230 e. The lowest BCUT2D eigenvalue weighted by atomic mass is 9.73. The van der Waals surface area contributed by atoms with Gasteiger partial charge in [0.05, 0.1) is 19.8 Å². The molecule has 1 aromatic rings. The first-order valence-electron chi connectivity index (χ1n) is 24.8. The van der Waals surface area contributed by atoms with Crippen molar-refractivity contribution in [1.29, 1.82) is 0 Å². The van der Waals surface area contributed by atoms with Gasteiger partial charge in [-0.15, -0.1) is 0 Å². The van der Waals surface area contributed by atoms with Crippen LogP contribution in [0.1, 0.15) is 207 Å². The summed E-state index contributed by atoms with van der Waals surface area (Å²) in [5.74, 6) is 2.17. The van der Waals surface area contributed by atoms with Crippen molar-refractivity contribution in [1.82, 2.24) is 35.5 Å². The Hall–Kier alpha value is -1.67. The Bertz CT molecular complexity index is 1380. The monoisotopic (exact) mass is 858 g/mol. The highest BCUT2D eigenvalue weighted by atomic mass is 16.7. The molecule has 0 aromatic carbocycles. The van der Waals surface area contributed by atoms with Crippen LogP contribution in [0.3, 0.4) is 0 Å². The maximum atomic E-state index is 6.42. The third-order valence-electron chi connectivity index (χ3n) is 13.4. The molecule has 2 N–H and O–H groups in total. The van der Waals surface area contributed by atoms with Gasteiger partial charge in [-0.3, -0.25) is 14.5 Å². The largest absolute Gasteiger partial charge is 0.354 e. The Balaban J connectivity index is 1.33. The number of anilines is 2. The summed E-state index contributed by atoms with van der Waals surface area (Å²) in [5, 5.41) is 14.4.